The summed E-state index contributed by atoms with van der Waals surface area (Å²) in [5, 5.41) is 1.33. The second-order valence-electron chi connectivity index (χ2n) is 4.27. The Hall–Kier alpha value is -0.273. The minimum absolute atomic E-state index is 1.20. The molecular weight excluding hydrogens is 208 g/mol. The summed E-state index contributed by atoms with van der Waals surface area (Å²) in [7, 11) is -1.62. The fourth-order valence-electron chi connectivity index (χ4n) is 1.45. The van der Waals surface area contributed by atoms with Crippen LogP contribution < -0.4 is 5.19 Å². The van der Waals surface area contributed by atoms with Crippen LogP contribution in [0.2, 0.25) is 13.1 Å². The van der Waals surface area contributed by atoms with Gasteiger partial charge in [0.15, 0.2) is 7.38 Å². The third kappa shape index (κ3) is 3.47. The Morgan fingerprint density at radius 2 is 1.71 bits per heavy atom. The van der Waals surface area contributed by atoms with Gasteiger partial charge in [-0.05, 0) is 23.6 Å². The molecule has 0 radical (unpaired) electrons. The van der Waals surface area contributed by atoms with Gasteiger partial charge in [0.25, 0.3) is 0 Å². The monoisotopic (exact) mass is 226 g/mol. The van der Waals surface area contributed by atoms with E-state index in [0.29, 0.717) is 0 Å². The van der Waals surface area contributed by atoms with E-state index in [-0.39, 0.29) is 0 Å². The van der Waals surface area contributed by atoms with Gasteiger partial charge < -0.3 is 0 Å². The van der Waals surface area contributed by atoms with Crippen LogP contribution in [0.5, 0.6) is 0 Å². The highest BCUT2D eigenvalue weighted by Crippen LogP contribution is 2.10. The normalized spacial score (nSPS) is 11.7. The quantitative estimate of drug-likeness (QED) is 0.543. The molecule has 1 aromatic carbocycles. The second-order valence-corrected chi connectivity index (χ2v) is 10.6. The molecule has 0 aliphatic rings. The summed E-state index contributed by atoms with van der Waals surface area (Å²) < 4.78 is 0. The van der Waals surface area contributed by atoms with Gasteiger partial charge in [0, 0.05) is 0 Å². The first-order chi connectivity index (χ1) is 6.54. The third-order valence-corrected chi connectivity index (χ3v) is 4.82. The number of aryl methyl sites for hydroxylation is 1. The largest absolute Gasteiger partial charge is 0.180 e. The summed E-state index contributed by atoms with van der Waals surface area (Å²) in [6.07, 6.45) is 3.74. The minimum atomic E-state index is -1.62. The van der Waals surface area contributed by atoms with Crippen LogP contribution in [0.25, 0.3) is 0 Å². The van der Waals surface area contributed by atoms with Crippen molar-refractivity contribution in [2.75, 3.05) is 0 Å². The van der Waals surface area contributed by atoms with E-state index in [2.05, 4.69) is 44.3 Å². The van der Waals surface area contributed by atoms with Gasteiger partial charge in [0.2, 0.25) is 0 Å². The Morgan fingerprint density at radius 3 is 2.14 bits per heavy atom. The molecule has 0 atom stereocenters. The highest BCUT2D eigenvalue weighted by molar-refractivity contribution is 7.26. The van der Waals surface area contributed by atoms with Gasteiger partial charge in [0.1, 0.15) is 0 Å². The molecule has 14 heavy (non-hydrogen) atoms. The molecule has 0 aliphatic carbocycles. The number of hydrogen-bond acceptors (Lipinski definition) is 0. The fourth-order valence-corrected chi connectivity index (χ4v) is 2.79. The van der Waals surface area contributed by atoms with Crippen molar-refractivity contribution in [3.63, 3.8) is 0 Å². The van der Waals surface area contributed by atoms with Crippen LogP contribution in [0.1, 0.15) is 25.3 Å². The Balaban J connectivity index is 2.69. The lowest BCUT2D eigenvalue weighted by atomic mass is 10.1. The molecule has 0 N–H and O–H groups in total. The van der Waals surface area contributed by atoms with Gasteiger partial charge in [-0.3, -0.25) is 0 Å². The van der Waals surface area contributed by atoms with Crippen LogP contribution in [0, 0.1) is 0 Å². The highest BCUT2D eigenvalue weighted by Gasteiger charge is 2.19. The summed E-state index contributed by atoms with van der Waals surface area (Å²) in [5.74, 6) is 0. The van der Waals surface area contributed by atoms with Crippen LogP contribution in [0.15, 0.2) is 24.3 Å². The molecule has 0 spiro atoms. The molecule has 0 fully saturated rings. The van der Waals surface area contributed by atoms with Crippen molar-refractivity contribution < 1.29 is 0 Å². The first-order valence-electron chi connectivity index (χ1n) is 5.32. The fraction of sp³-hybridized carbons (Fsp3) is 0.500. The van der Waals surface area contributed by atoms with E-state index in [4.69, 9.17) is 11.1 Å². The number of benzene rings is 1. The van der Waals surface area contributed by atoms with E-state index in [1.54, 1.807) is 0 Å². The highest BCUT2D eigenvalue weighted by atomic mass is 35.6. The van der Waals surface area contributed by atoms with Gasteiger partial charge >= 0.3 is 0 Å². The zero-order chi connectivity index (χ0) is 10.6. The maximum Gasteiger partial charge on any atom is 0.180 e. The van der Waals surface area contributed by atoms with E-state index in [1.807, 2.05) is 0 Å². The maximum atomic E-state index is 6.35. The molecule has 1 aromatic rings. The summed E-state index contributed by atoms with van der Waals surface area (Å²) >= 11 is 6.35. The SMILES string of the molecule is CCCCc1ccc([Si](C)(C)Cl)cc1. The van der Waals surface area contributed by atoms with E-state index in [1.165, 1.54) is 30.0 Å². The number of rotatable bonds is 4. The molecule has 0 aliphatic heterocycles. The lowest BCUT2D eigenvalue weighted by molar-refractivity contribution is 0.795. The zero-order valence-corrected chi connectivity index (χ0v) is 11.1. The average molecular weight is 227 g/mol. The third-order valence-electron chi connectivity index (χ3n) is 2.46. The first-order valence-corrected chi connectivity index (χ1v) is 9.33. The van der Waals surface area contributed by atoms with E-state index in [9.17, 15) is 0 Å². The van der Waals surface area contributed by atoms with E-state index in [0.717, 1.165) is 0 Å². The van der Waals surface area contributed by atoms with Gasteiger partial charge in [0.05, 0.1) is 0 Å². The average Bonchev–Trinajstić information content (AvgIpc) is 2.14. The predicted octanol–water partition coefficient (Wildman–Crippen LogP) is 3.68. The molecular formula is C12H19ClSi. The molecule has 0 aromatic heterocycles. The summed E-state index contributed by atoms with van der Waals surface area (Å²) in [5.41, 5.74) is 1.44. The molecule has 0 unspecified atom stereocenters. The number of halogens is 1. The van der Waals surface area contributed by atoms with Crippen molar-refractivity contribution in [2.45, 2.75) is 39.3 Å². The van der Waals surface area contributed by atoms with Crippen molar-refractivity contribution >= 4 is 23.6 Å². The van der Waals surface area contributed by atoms with E-state index < -0.39 is 7.38 Å². The molecule has 0 nitrogen and oxygen atoms in total. The van der Waals surface area contributed by atoms with Crippen molar-refractivity contribution in [2.24, 2.45) is 0 Å². The lowest BCUT2D eigenvalue weighted by Crippen LogP contribution is -2.34. The number of hydrogen-bond donors (Lipinski definition) is 0. The summed E-state index contributed by atoms with van der Waals surface area (Å²) in [4.78, 5) is 0. The predicted molar refractivity (Wildman–Crippen MR) is 68.0 cm³/mol. The Kier molecular flexibility index (Phi) is 4.21. The Bertz CT molecular complexity index is 271. The molecule has 2 heteroatoms. The second kappa shape index (κ2) is 4.99. The first kappa shape index (κ1) is 11.8. The van der Waals surface area contributed by atoms with Crippen LogP contribution in [-0.2, 0) is 6.42 Å². The lowest BCUT2D eigenvalue weighted by Gasteiger charge is -2.13. The molecule has 78 valence electrons. The van der Waals surface area contributed by atoms with Gasteiger partial charge in [-0.15, -0.1) is 0 Å². The standard InChI is InChI=1S/C12H19ClSi/c1-4-5-6-11-7-9-12(10-8-11)14(2,3)13/h7-10H,4-6H2,1-3H3. The van der Waals surface area contributed by atoms with Crippen LogP contribution in [0.4, 0.5) is 0 Å². The Labute approximate surface area is 93.0 Å². The summed E-state index contributed by atoms with van der Waals surface area (Å²) in [6, 6.07) is 8.85. The topological polar surface area (TPSA) is 0 Å². The Morgan fingerprint density at radius 1 is 1.14 bits per heavy atom. The van der Waals surface area contributed by atoms with Crippen molar-refractivity contribution in [3.8, 4) is 0 Å². The van der Waals surface area contributed by atoms with Crippen molar-refractivity contribution in [3.05, 3.63) is 29.8 Å². The molecule has 0 saturated heterocycles. The molecule has 0 amide bonds. The van der Waals surface area contributed by atoms with Gasteiger partial charge in [-0.2, -0.15) is 11.1 Å². The number of unbranched alkanes of at least 4 members (excludes halogenated alkanes) is 1. The van der Waals surface area contributed by atoms with Crippen molar-refractivity contribution in [1.82, 2.24) is 0 Å². The van der Waals surface area contributed by atoms with Crippen LogP contribution in [0.3, 0.4) is 0 Å². The van der Waals surface area contributed by atoms with Gasteiger partial charge in [-0.25, -0.2) is 0 Å². The van der Waals surface area contributed by atoms with Crippen molar-refractivity contribution in [1.29, 1.82) is 0 Å². The molecule has 0 saturated carbocycles. The smallest absolute Gasteiger partial charge is 0.162 e. The van der Waals surface area contributed by atoms with E-state index >= 15 is 0 Å². The van der Waals surface area contributed by atoms with Gasteiger partial charge in [-0.1, -0.05) is 50.7 Å². The summed E-state index contributed by atoms with van der Waals surface area (Å²) in [6.45, 7) is 6.55. The van der Waals surface area contributed by atoms with Crippen LogP contribution >= 0.6 is 11.1 Å². The molecule has 1 rings (SSSR count). The molecule has 0 heterocycles. The molecule has 0 bridgehead atoms. The zero-order valence-electron chi connectivity index (χ0n) is 9.31. The minimum Gasteiger partial charge on any atom is -0.162 e. The maximum absolute atomic E-state index is 6.35. The van der Waals surface area contributed by atoms with Crippen LogP contribution in [-0.4, -0.2) is 7.38 Å².